The molecule has 1 unspecified atom stereocenters. The summed E-state index contributed by atoms with van der Waals surface area (Å²) in [5.74, 6) is -0.936. The first-order valence-electron chi connectivity index (χ1n) is 13.6. The predicted octanol–water partition coefficient (Wildman–Crippen LogP) is 6.99. The molecule has 0 aromatic heterocycles. The SMILES string of the molecule is CCC1CC(=O)N(Cc2ccc(NC(=O)C(F)(F)F)cc2)N=C1c1ccc(OC)c(OC2CCCC2)c1.O=C(Cl)C(F)(F)F. The number of carbonyl (C=O) groups excluding carboxylic acids is 3. The molecule has 2 aromatic carbocycles. The maximum absolute atomic E-state index is 12.9. The second kappa shape index (κ2) is 14.8. The normalized spacial score (nSPS) is 17.4. The minimum absolute atomic E-state index is 0.0132. The van der Waals surface area contributed by atoms with E-state index in [-0.39, 0.29) is 30.2 Å². The van der Waals surface area contributed by atoms with Gasteiger partial charge in [-0.05, 0) is 79.6 Å². The van der Waals surface area contributed by atoms with Crippen molar-refractivity contribution in [2.24, 2.45) is 11.0 Å². The van der Waals surface area contributed by atoms with Crippen LogP contribution in [0, 0.1) is 5.92 Å². The van der Waals surface area contributed by atoms with Crippen LogP contribution in [0.3, 0.4) is 0 Å². The van der Waals surface area contributed by atoms with Crippen molar-refractivity contribution in [2.45, 2.75) is 70.4 Å². The van der Waals surface area contributed by atoms with E-state index in [2.05, 4.69) is 11.6 Å². The van der Waals surface area contributed by atoms with Gasteiger partial charge in [0.1, 0.15) is 0 Å². The van der Waals surface area contributed by atoms with Gasteiger partial charge in [0.05, 0.1) is 25.5 Å². The summed E-state index contributed by atoms with van der Waals surface area (Å²) in [5, 5.41) is 5.60. The Kier molecular flexibility index (Phi) is 11.6. The van der Waals surface area contributed by atoms with Gasteiger partial charge in [0.15, 0.2) is 11.5 Å². The van der Waals surface area contributed by atoms with E-state index in [1.54, 1.807) is 19.2 Å². The third kappa shape index (κ3) is 9.60. The average molecular weight is 650 g/mol. The smallest absolute Gasteiger partial charge is 0.471 e. The number of hydrogen-bond acceptors (Lipinski definition) is 6. The Morgan fingerprint density at radius 2 is 1.61 bits per heavy atom. The summed E-state index contributed by atoms with van der Waals surface area (Å²) in [6.07, 6.45) is -4.36. The monoisotopic (exact) mass is 649 g/mol. The zero-order valence-electron chi connectivity index (χ0n) is 23.7. The summed E-state index contributed by atoms with van der Waals surface area (Å²) < 4.78 is 81.3. The minimum Gasteiger partial charge on any atom is -0.493 e. The van der Waals surface area contributed by atoms with Crippen LogP contribution in [-0.4, -0.2) is 53.3 Å². The van der Waals surface area contributed by atoms with Crippen LogP contribution >= 0.6 is 11.6 Å². The number of halogens is 7. The fourth-order valence-corrected chi connectivity index (χ4v) is 4.62. The number of nitrogens with one attached hydrogen (secondary N) is 1. The molecule has 0 radical (unpaired) electrons. The van der Waals surface area contributed by atoms with E-state index >= 15 is 0 Å². The molecule has 1 saturated carbocycles. The quantitative estimate of drug-likeness (QED) is 0.246. The molecule has 1 atom stereocenters. The number of alkyl halides is 6. The van der Waals surface area contributed by atoms with Crippen LogP contribution in [0.1, 0.15) is 56.6 Å². The van der Waals surface area contributed by atoms with Crippen LogP contribution in [0.2, 0.25) is 0 Å². The van der Waals surface area contributed by atoms with Crippen LogP contribution in [0.5, 0.6) is 11.5 Å². The molecule has 44 heavy (non-hydrogen) atoms. The Balaban J connectivity index is 0.000000676. The highest BCUT2D eigenvalue weighted by Gasteiger charge is 2.39. The highest BCUT2D eigenvalue weighted by atomic mass is 35.5. The number of carbonyl (C=O) groups is 3. The summed E-state index contributed by atoms with van der Waals surface area (Å²) in [5.41, 5.74) is 2.30. The van der Waals surface area contributed by atoms with E-state index in [9.17, 15) is 35.9 Å². The number of amides is 2. The predicted molar refractivity (Wildman–Crippen MR) is 149 cm³/mol. The Morgan fingerprint density at radius 3 is 2.14 bits per heavy atom. The van der Waals surface area contributed by atoms with E-state index in [1.165, 1.54) is 17.1 Å². The zero-order valence-corrected chi connectivity index (χ0v) is 24.5. The summed E-state index contributed by atoms with van der Waals surface area (Å²) in [4.78, 5) is 33.1. The molecule has 2 amide bonds. The van der Waals surface area contributed by atoms with Gasteiger partial charge >= 0.3 is 23.5 Å². The molecule has 4 rings (SSSR count). The van der Waals surface area contributed by atoms with Crippen LogP contribution in [0.4, 0.5) is 32.0 Å². The molecule has 2 aromatic rings. The lowest BCUT2D eigenvalue weighted by Gasteiger charge is -2.29. The second-order valence-corrected chi connectivity index (χ2v) is 10.4. The van der Waals surface area contributed by atoms with Crippen molar-refractivity contribution in [3.8, 4) is 11.5 Å². The zero-order chi connectivity index (χ0) is 32.7. The van der Waals surface area contributed by atoms with Gasteiger partial charge in [0.25, 0.3) is 0 Å². The Labute approximate surface area is 254 Å². The summed E-state index contributed by atoms with van der Waals surface area (Å²) in [6, 6.07) is 11.5. The second-order valence-electron chi connectivity index (χ2n) is 10.1. The van der Waals surface area contributed by atoms with E-state index in [0.29, 0.717) is 23.5 Å². The van der Waals surface area contributed by atoms with Crippen LogP contribution in [0.25, 0.3) is 0 Å². The fourth-order valence-electron chi connectivity index (χ4n) is 4.62. The first kappa shape index (κ1) is 34.7. The highest BCUT2D eigenvalue weighted by molar-refractivity contribution is 6.64. The number of benzene rings is 2. The van der Waals surface area contributed by atoms with Gasteiger partial charge in [-0.3, -0.25) is 14.4 Å². The lowest BCUT2D eigenvalue weighted by atomic mass is 9.89. The molecule has 1 heterocycles. The van der Waals surface area contributed by atoms with Crippen molar-refractivity contribution < 1.29 is 50.2 Å². The first-order valence-corrected chi connectivity index (χ1v) is 14.0. The standard InChI is InChI=1S/C27H30F3N3O4.C2ClF3O/c1-3-18-15-24(34)33(16-17-8-11-20(12-9-17)31-26(35)27(28,29)30)32-25(18)19-10-13-22(36-2)23(14-19)37-21-6-4-5-7-21;3-1(7)2(4,5)6/h8-14,18,21H,3-7,15-16H2,1-2H3,(H,31,35);. The molecule has 1 fully saturated rings. The van der Waals surface area contributed by atoms with Crippen molar-refractivity contribution >= 4 is 40.1 Å². The number of anilines is 1. The maximum Gasteiger partial charge on any atom is 0.471 e. The number of rotatable bonds is 8. The highest BCUT2D eigenvalue weighted by Crippen LogP contribution is 2.35. The van der Waals surface area contributed by atoms with Crippen molar-refractivity contribution in [1.29, 1.82) is 0 Å². The van der Waals surface area contributed by atoms with Gasteiger partial charge < -0.3 is 14.8 Å². The molecule has 2 aliphatic rings. The molecule has 1 N–H and O–H groups in total. The molecule has 0 saturated heterocycles. The Morgan fingerprint density at radius 1 is 1.00 bits per heavy atom. The maximum atomic E-state index is 12.9. The van der Waals surface area contributed by atoms with E-state index in [1.807, 2.05) is 30.4 Å². The third-order valence-electron chi connectivity index (χ3n) is 6.90. The average Bonchev–Trinajstić information content (AvgIpc) is 3.47. The van der Waals surface area contributed by atoms with Crippen molar-refractivity contribution in [2.75, 3.05) is 12.4 Å². The third-order valence-corrected chi connectivity index (χ3v) is 7.11. The molecule has 0 bridgehead atoms. The number of ether oxygens (including phenoxy) is 2. The molecule has 1 aliphatic heterocycles. The van der Waals surface area contributed by atoms with Crippen LogP contribution in [0.15, 0.2) is 47.6 Å². The van der Waals surface area contributed by atoms with E-state index < -0.39 is 23.5 Å². The first-order chi connectivity index (χ1) is 20.6. The van der Waals surface area contributed by atoms with E-state index in [4.69, 9.17) is 19.4 Å². The Hall–Kier alpha value is -3.81. The summed E-state index contributed by atoms with van der Waals surface area (Å²) >= 11 is 3.99. The number of methoxy groups -OCH3 is 1. The molecule has 0 spiro atoms. The molecule has 8 nitrogen and oxygen atoms in total. The van der Waals surface area contributed by atoms with Crippen LogP contribution < -0.4 is 14.8 Å². The van der Waals surface area contributed by atoms with Gasteiger partial charge in [-0.25, -0.2) is 5.01 Å². The topological polar surface area (TPSA) is 97.3 Å². The minimum atomic E-state index is -4.97. The van der Waals surface area contributed by atoms with Crippen molar-refractivity contribution in [3.63, 3.8) is 0 Å². The Bertz CT molecular complexity index is 1360. The van der Waals surface area contributed by atoms with Gasteiger partial charge in [-0.2, -0.15) is 31.4 Å². The lowest BCUT2D eigenvalue weighted by Crippen LogP contribution is -2.36. The summed E-state index contributed by atoms with van der Waals surface area (Å²) in [6.45, 7) is 2.16. The number of nitrogens with zero attached hydrogens (tertiary/aromatic N) is 2. The van der Waals surface area contributed by atoms with Crippen molar-refractivity contribution in [1.82, 2.24) is 5.01 Å². The molecule has 240 valence electrons. The number of hydrogen-bond donors (Lipinski definition) is 1. The van der Waals surface area contributed by atoms with Gasteiger partial charge in [-0.15, -0.1) is 0 Å². The lowest BCUT2D eigenvalue weighted by molar-refractivity contribution is -0.167. The van der Waals surface area contributed by atoms with Gasteiger partial charge in [0.2, 0.25) is 5.91 Å². The molecular weight excluding hydrogens is 620 g/mol. The molecular formula is C29H30ClF6N3O5. The fraction of sp³-hybridized carbons (Fsp3) is 0.448. The molecule has 1 aliphatic carbocycles. The van der Waals surface area contributed by atoms with E-state index in [0.717, 1.165) is 43.4 Å². The number of hydrazone groups is 1. The van der Waals surface area contributed by atoms with Crippen molar-refractivity contribution in [3.05, 3.63) is 53.6 Å². The summed E-state index contributed by atoms with van der Waals surface area (Å²) in [7, 11) is 1.60. The van der Waals surface area contributed by atoms with Crippen LogP contribution in [-0.2, 0) is 20.9 Å². The van der Waals surface area contributed by atoms with Gasteiger partial charge in [0, 0.05) is 23.6 Å². The molecule has 15 heteroatoms. The largest absolute Gasteiger partial charge is 0.493 e. The van der Waals surface area contributed by atoms with Gasteiger partial charge in [-0.1, -0.05) is 19.1 Å².